The molecule has 1 heterocycles. The lowest BCUT2D eigenvalue weighted by molar-refractivity contribution is 0.110. The Labute approximate surface area is 133 Å². The second-order valence-corrected chi connectivity index (χ2v) is 6.86. The third kappa shape index (κ3) is 3.16. The van der Waals surface area contributed by atoms with Crippen LogP contribution in [-0.4, -0.2) is 6.29 Å². The molecule has 2 heteroatoms. The molecular weight excluding hydrogens is 272 g/mol. The van der Waals surface area contributed by atoms with Crippen LogP contribution >= 0.6 is 0 Å². The second-order valence-electron chi connectivity index (χ2n) is 6.86. The molecular formula is C20H26O2. The van der Waals surface area contributed by atoms with Crippen LogP contribution in [0.1, 0.15) is 86.5 Å². The second kappa shape index (κ2) is 6.51. The maximum Gasteiger partial charge on any atom is 0.185 e. The van der Waals surface area contributed by atoms with E-state index in [1.165, 1.54) is 16.7 Å². The average molecular weight is 298 g/mol. The van der Waals surface area contributed by atoms with Gasteiger partial charge in [0.05, 0.1) is 0 Å². The molecule has 0 spiro atoms. The van der Waals surface area contributed by atoms with Crippen molar-refractivity contribution in [2.75, 3.05) is 0 Å². The number of furan rings is 1. The molecule has 118 valence electrons. The van der Waals surface area contributed by atoms with Crippen molar-refractivity contribution in [1.82, 2.24) is 0 Å². The van der Waals surface area contributed by atoms with Crippen molar-refractivity contribution in [3.63, 3.8) is 0 Å². The van der Waals surface area contributed by atoms with Gasteiger partial charge in [-0.1, -0.05) is 53.7 Å². The highest BCUT2D eigenvalue weighted by atomic mass is 16.3. The van der Waals surface area contributed by atoms with Gasteiger partial charge < -0.3 is 4.42 Å². The van der Waals surface area contributed by atoms with E-state index in [9.17, 15) is 4.79 Å². The predicted molar refractivity (Wildman–Crippen MR) is 91.8 cm³/mol. The van der Waals surface area contributed by atoms with Crippen molar-refractivity contribution < 1.29 is 9.21 Å². The number of rotatable bonds is 5. The van der Waals surface area contributed by atoms with Crippen LogP contribution in [0.4, 0.5) is 0 Å². The number of hydrogen-bond acceptors (Lipinski definition) is 2. The van der Waals surface area contributed by atoms with Gasteiger partial charge in [0.25, 0.3) is 0 Å². The van der Waals surface area contributed by atoms with Gasteiger partial charge in [0.1, 0.15) is 5.76 Å². The molecule has 0 saturated carbocycles. The number of hydrogen-bond donors (Lipinski definition) is 0. The van der Waals surface area contributed by atoms with Crippen LogP contribution in [-0.2, 0) is 0 Å². The summed E-state index contributed by atoms with van der Waals surface area (Å²) < 4.78 is 5.73. The summed E-state index contributed by atoms with van der Waals surface area (Å²) in [7, 11) is 0. The van der Waals surface area contributed by atoms with Gasteiger partial charge in [-0.15, -0.1) is 0 Å². The average Bonchev–Trinajstić information content (AvgIpc) is 2.94. The predicted octanol–water partition coefficient (Wildman–Crippen LogP) is 6.13. The standard InChI is InChI=1S/C20H26O2/c1-12(2)15-9-17(13(3)4)20(18(10-15)14(5)6)19-8-7-16(11-21)22-19/h7-14H,1-6H3. The molecule has 2 rings (SSSR count). The number of carbonyl (C=O) groups excluding carboxylic acids is 1. The first-order chi connectivity index (χ1) is 10.3. The first-order valence-electron chi connectivity index (χ1n) is 8.08. The highest BCUT2D eigenvalue weighted by Crippen LogP contribution is 2.39. The molecule has 2 aromatic rings. The number of aldehydes is 1. The molecule has 0 unspecified atom stereocenters. The molecule has 0 aliphatic rings. The van der Waals surface area contributed by atoms with Gasteiger partial charge in [0.15, 0.2) is 12.0 Å². The minimum atomic E-state index is 0.382. The Morgan fingerprint density at radius 1 is 0.864 bits per heavy atom. The lowest BCUT2D eigenvalue weighted by Crippen LogP contribution is -2.03. The van der Waals surface area contributed by atoms with Crippen LogP contribution in [0, 0.1) is 0 Å². The molecule has 0 saturated heterocycles. The van der Waals surface area contributed by atoms with Gasteiger partial charge in [0.2, 0.25) is 0 Å². The molecule has 1 aromatic heterocycles. The number of benzene rings is 1. The first kappa shape index (κ1) is 16.5. The summed E-state index contributed by atoms with van der Waals surface area (Å²) in [5.74, 6) is 2.47. The zero-order valence-corrected chi connectivity index (χ0v) is 14.4. The van der Waals surface area contributed by atoms with Crippen LogP contribution in [0.3, 0.4) is 0 Å². The molecule has 0 radical (unpaired) electrons. The summed E-state index contributed by atoms with van der Waals surface area (Å²) in [6.07, 6.45) is 0.760. The fourth-order valence-electron chi connectivity index (χ4n) is 2.79. The van der Waals surface area contributed by atoms with E-state index in [0.717, 1.165) is 17.6 Å². The van der Waals surface area contributed by atoms with Crippen molar-refractivity contribution >= 4 is 6.29 Å². The summed E-state index contributed by atoms with van der Waals surface area (Å²) in [4.78, 5) is 10.9. The van der Waals surface area contributed by atoms with Gasteiger partial charge in [-0.05, 0) is 46.6 Å². The van der Waals surface area contributed by atoms with Crippen molar-refractivity contribution in [2.24, 2.45) is 0 Å². The quantitative estimate of drug-likeness (QED) is 0.621. The van der Waals surface area contributed by atoms with Crippen LogP contribution in [0.5, 0.6) is 0 Å². The highest BCUT2D eigenvalue weighted by molar-refractivity contribution is 5.75. The minimum absolute atomic E-state index is 0.382. The van der Waals surface area contributed by atoms with Gasteiger partial charge in [-0.25, -0.2) is 0 Å². The van der Waals surface area contributed by atoms with E-state index >= 15 is 0 Å². The maximum atomic E-state index is 10.9. The lowest BCUT2D eigenvalue weighted by Gasteiger charge is -2.21. The van der Waals surface area contributed by atoms with E-state index in [2.05, 4.69) is 53.7 Å². The Balaban J connectivity index is 2.75. The summed E-state index contributed by atoms with van der Waals surface area (Å²) in [6.45, 7) is 13.3. The Bertz CT molecular complexity index is 631. The maximum absolute atomic E-state index is 10.9. The first-order valence-corrected chi connectivity index (χ1v) is 8.08. The fourth-order valence-corrected chi connectivity index (χ4v) is 2.79. The van der Waals surface area contributed by atoms with E-state index in [0.29, 0.717) is 23.5 Å². The topological polar surface area (TPSA) is 30.2 Å². The van der Waals surface area contributed by atoms with E-state index in [4.69, 9.17) is 4.42 Å². The van der Waals surface area contributed by atoms with Crippen LogP contribution in [0.2, 0.25) is 0 Å². The minimum Gasteiger partial charge on any atom is -0.453 e. The Kier molecular flexibility index (Phi) is 4.90. The van der Waals surface area contributed by atoms with Crippen molar-refractivity contribution in [3.05, 3.63) is 46.7 Å². The monoisotopic (exact) mass is 298 g/mol. The molecule has 0 aliphatic heterocycles. The molecule has 0 amide bonds. The largest absolute Gasteiger partial charge is 0.453 e. The zero-order valence-electron chi connectivity index (χ0n) is 14.4. The third-order valence-electron chi connectivity index (χ3n) is 4.12. The van der Waals surface area contributed by atoms with Gasteiger partial charge in [0, 0.05) is 5.56 Å². The van der Waals surface area contributed by atoms with E-state index in [-0.39, 0.29) is 0 Å². The van der Waals surface area contributed by atoms with E-state index in [1.54, 1.807) is 6.07 Å². The van der Waals surface area contributed by atoms with Gasteiger partial charge in [-0.2, -0.15) is 0 Å². The SMILES string of the molecule is CC(C)c1cc(C(C)C)c(-c2ccc(C=O)o2)c(C(C)C)c1. The van der Waals surface area contributed by atoms with Crippen LogP contribution in [0.15, 0.2) is 28.7 Å². The smallest absolute Gasteiger partial charge is 0.185 e. The van der Waals surface area contributed by atoms with Crippen molar-refractivity contribution in [2.45, 2.75) is 59.3 Å². The van der Waals surface area contributed by atoms with Crippen LogP contribution < -0.4 is 0 Å². The molecule has 0 atom stereocenters. The Morgan fingerprint density at radius 3 is 1.77 bits per heavy atom. The van der Waals surface area contributed by atoms with E-state index in [1.807, 2.05) is 6.07 Å². The number of carbonyl (C=O) groups is 1. The summed E-state index contributed by atoms with van der Waals surface area (Å²) in [6, 6.07) is 8.23. The summed E-state index contributed by atoms with van der Waals surface area (Å²) >= 11 is 0. The molecule has 0 N–H and O–H groups in total. The molecule has 1 aromatic carbocycles. The molecule has 2 nitrogen and oxygen atoms in total. The van der Waals surface area contributed by atoms with Crippen molar-refractivity contribution in [3.8, 4) is 11.3 Å². The normalized spacial score (nSPS) is 11.7. The highest BCUT2D eigenvalue weighted by Gasteiger charge is 2.20. The fraction of sp³-hybridized carbons (Fsp3) is 0.450. The summed E-state index contributed by atoms with van der Waals surface area (Å²) in [5, 5.41) is 0. The van der Waals surface area contributed by atoms with E-state index < -0.39 is 0 Å². The Morgan fingerprint density at radius 2 is 1.41 bits per heavy atom. The Hall–Kier alpha value is -1.83. The van der Waals surface area contributed by atoms with Gasteiger partial charge in [-0.3, -0.25) is 4.79 Å². The molecule has 0 aliphatic carbocycles. The third-order valence-corrected chi connectivity index (χ3v) is 4.12. The van der Waals surface area contributed by atoms with Crippen molar-refractivity contribution in [1.29, 1.82) is 0 Å². The van der Waals surface area contributed by atoms with Gasteiger partial charge >= 0.3 is 0 Å². The zero-order chi connectivity index (χ0) is 16.4. The summed E-state index contributed by atoms with van der Waals surface area (Å²) in [5.41, 5.74) is 5.10. The molecule has 22 heavy (non-hydrogen) atoms. The van der Waals surface area contributed by atoms with Crippen LogP contribution in [0.25, 0.3) is 11.3 Å². The molecule has 0 bridgehead atoms. The molecule has 0 fully saturated rings. The lowest BCUT2D eigenvalue weighted by atomic mass is 9.83.